The molecule has 32 heavy (non-hydrogen) atoms. The van der Waals surface area contributed by atoms with Crippen LogP contribution in [0, 0.1) is 0 Å². The molecule has 168 valence electrons. The highest BCUT2D eigenvalue weighted by Crippen LogP contribution is 2.32. The maximum absolute atomic E-state index is 11.9. The molecule has 5 N–H and O–H groups in total. The zero-order chi connectivity index (χ0) is 23.3. The highest BCUT2D eigenvalue weighted by Gasteiger charge is 2.16. The predicted octanol–water partition coefficient (Wildman–Crippen LogP) is 5.54. The van der Waals surface area contributed by atoms with Crippen LogP contribution in [-0.4, -0.2) is 21.7 Å². The van der Waals surface area contributed by atoms with Gasteiger partial charge in [0.05, 0.1) is 5.69 Å². The third kappa shape index (κ3) is 6.28. The van der Waals surface area contributed by atoms with Crippen LogP contribution in [-0.2, 0) is 17.2 Å². The third-order valence-electron chi connectivity index (χ3n) is 4.52. The lowest BCUT2D eigenvalue weighted by atomic mass is 10.1. The van der Waals surface area contributed by atoms with Gasteiger partial charge in [0, 0.05) is 33.9 Å². The smallest absolute Gasteiger partial charge is 0.407 e. The van der Waals surface area contributed by atoms with Gasteiger partial charge >= 0.3 is 6.09 Å². The summed E-state index contributed by atoms with van der Waals surface area (Å²) in [6.07, 6.45) is -0.531. The molecule has 0 bridgehead atoms. The van der Waals surface area contributed by atoms with Crippen molar-refractivity contribution in [1.29, 1.82) is 0 Å². The van der Waals surface area contributed by atoms with E-state index in [0.29, 0.717) is 22.7 Å². The largest absolute Gasteiger partial charge is 0.507 e. The molecule has 3 aromatic rings. The number of rotatable bonds is 6. The molecule has 7 nitrogen and oxygen atoms in total. The molecule has 1 heterocycles. The number of benzene rings is 2. The Morgan fingerprint density at radius 1 is 1.09 bits per heavy atom. The van der Waals surface area contributed by atoms with Gasteiger partial charge in [0.2, 0.25) is 0 Å². The standard InChI is InChI=1S/C24H27ClN4O3/c1-24(2,3)29-23(31)32-14-16-6-10-20(28-22(16)26)19-12-18(9-11-21(19)30)27-17-7-4-15(13-25)5-8-17/h4-12,27,30H,13-14H2,1-3H3,(H2,26,28)(H,29,31). The number of phenolic OH excluding ortho intramolecular Hbond substituents is 1. The second kappa shape index (κ2) is 9.78. The summed E-state index contributed by atoms with van der Waals surface area (Å²) >= 11 is 5.84. The third-order valence-corrected chi connectivity index (χ3v) is 4.83. The van der Waals surface area contributed by atoms with Crippen molar-refractivity contribution in [2.45, 2.75) is 38.8 Å². The van der Waals surface area contributed by atoms with Gasteiger partial charge in [-0.1, -0.05) is 12.1 Å². The van der Waals surface area contributed by atoms with Crippen LogP contribution < -0.4 is 16.4 Å². The van der Waals surface area contributed by atoms with Crippen LogP contribution >= 0.6 is 11.6 Å². The Hall–Kier alpha value is -3.45. The molecule has 0 saturated heterocycles. The number of hydrogen-bond acceptors (Lipinski definition) is 6. The van der Waals surface area contributed by atoms with Crippen molar-refractivity contribution in [1.82, 2.24) is 10.3 Å². The topological polar surface area (TPSA) is 110 Å². The number of nitrogen functional groups attached to an aromatic ring is 1. The summed E-state index contributed by atoms with van der Waals surface area (Å²) in [5.41, 5.74) is 9.99. The number of alkyl halides is 1. The molecule has 0 fully saturated rings. The number of nitrogens with two attached hydrogens (primary N) is 1. The van der Waals surface area contributed by atoms with Crippen LogP contribution in [0.1, 0.15) is 31.9 Å². The lowest BCUT2D eigenvalue weighted by molar-refractivity contribution is 0.131. The highest BCUT2D eigenvalue weighted by atomic mass is 35.5. The first-order valence-corrected chi connectivity index (χ1v) is 10.6. The maximum atomic E-state index is 11.9. The normalized spacial score (nSPS) is 11.1. The van der Waals surface area contributed by atoms with E-state index >= 15 is 0 Å². The van der Waals surface area contributed by atoms with Crippen LogP contribution in [0.15, 0.2) is 54.6 Å². The highest BCUT2D eigenvalue weighted by molar-refractivity contribution is 6.17. The summed E-state index contributed by atoms with van der Waals surface area (Å²) in [5.74, 6) is 0.757. The van der Waals surface area contributed by atoms with Gasteiger partial charge in [-0.25, -0.2) is 9.78 Å². The summed E-state index contributed by atoms with van der Waals surface area (Å²) < 4.78 is 5.22. The number of nitrogens with one attached hydrogen (secondary N) is 2. The molecular formula is C24H27ClN4O3. The quantitative estimate of drug-likeness (QED) is 0.287. The molecule has 0 aliphatic rings. The Morgan fingerprint density at radius 2 is 1.78 bits per heavy atom. The summed E-state index contributed by atoms with van der Waals surface area (Å²) in [5, 5.41) is 16.4. The van der Waals surface area contributed by atoms with Crippen LogP contribution in [0.2, 0.25) is 0 Å². The zero-order valence-electron chi connectivity index (χ0n) is 18.3. The van der Waals surface area contributed by atoms with Gasteiger partial charge in [-0.3, -0.25) is 0 Å². The van der Waals surface area contributed by atoms with Crippen molar-refractivity contribution in [3.05, 3.63) is 65.7 Å². The number of phenols is 1. The van der Waals surface area contributed by atoms with Crippen molar-refractivity contribution < 1.29 is 14.6 Å². The van der Waals surface area contributed by atoms with E-state index in [-0.39, 0.29) is 18.2 Å². The van der Waals surface area contributed by atoms with E-state index in [2.05, 4.69) is 15.6 Å². The SMILES string of the molecule is CC(C)(C)NC(=O)OCc1ccc(-c2cc(Nc3ccc(CCl)cc3)ccc2O)nc1N. The number of nitrogens with zero attached hydrogens (tertiary/aromatic N) is 1. The van der Waals surface area contributed by atoms with Crippen LogP contribution in [0.4, 0.5) is 22.0 Å². The number of carbonyl (C=O) groups is 1. The number of hydrogen-bond donors (Lipinski definition) is 4. The second-order valence-electron chi connectivity index (χ2n) is 8.38. The Kier molecular flexibility index (Phi) is 7.10. The Bertz CT molecular complexity index is 1100. The first kappa shape index (κ1) is 23.2. The lowest BCUT2D eigenvalue weighted by Crippen LogP contribution is -2.40. The number of anilines is 3. The number of pyridine rings is 1. The van der Waals surface area contributed by atoms with Crippen molar-refractivity contribution in [3.63, 3.8) is 0 Å². The van der Waals surface area contributed by atoms with Gasteiger partial charge in [0.15, 0.2) is 0 Å². The number of ether oxygens (including phenoxy) is 1. The van der Waals surface area contributed by atoms with Crippen molar-refractivity contribution >= 4 is 34.9 Å². The molecule has 2 aromatic carbocycles. The minimum Gasteiger partial charge on any atom is -0.507 e. The fourth-order valence-electron chi connectivity index (χ4n) is 2.92. The Balaban J connectivity index is 1.75. The summed E-state index contributed by atoms with van der Waals surface area (Å²) in [4.78, 5) is 16.2. The van der Waals surface area contributed by atoms with Gasteiger partial charge < -0.3 is 26.2 Å². The lowest BCUT2D eigenvalue weighted by Gasteiger charge is -2.20. The van der Waals surface area contributed by atoms with Crippen LogP contribution in [0.5, 0.6) is 5.75 Å². The Labute approximate surface area is 192 Å². The minimum absolute atomic E-state index is 0.00704. The van der Waals surface area contributed by atoms with Gasteiger partial charge in [0.25, 0.3) is 0 Å². The van der Waals surface area contributed by atoms with E-state index in [1.54, 1.807) is 30.3 Å². The zero-order valence-corrected chi connectivity index (χ0v) is 19.0. The van der Waals surface area contributed by atoms with E-state index in [4.69, 9.17) is 22.1 Å². The van der Waals surface area contributed by atoms with Crippen molar-refractivity contribution in [3.8, 4) is 17.0 Å². The summed E-state index contributed by atoms with van der Waals surface area (Å²) in [6.45, 7) is 5.59. The van der Waals surface area contributed by atoms with Gasteiger partial charge in [-0.2, -0.15) is 0 Å². The van der Waals surface area contributed by atoms with Crippen LogP contribution in [0.25, 0.3) is 11.3 Å². The summed E-state index contributed by atoms with van der Waals surface area (Å²) in [7, 11) is 0. The molecule has 0 saturated carbocycles. The fraction of sp³-hybridized carbons (Fsp3) is 0.250. The predicted molar refractivity (Wildman–Crippen MR) is 128 cm³/mol. The van der Waals surface area contributed by atoms with E-state index in [1.165, 1.54) is 0 Å². The molecular weight excluding hydrogens is 428 g/mol. The Morgan fingerprint density at radius 3 is 2.41 bits per heavy atom. The minimum atomic E-state index is -0.531. The van der Waals surface area contributed by atoms with E-state index in [1.807, 2.05) is 45.0 Å². The molecule has 1 aromatic heterocycles. The fourth-order valence-corrected chi connectivity index (χ4v) is 3.10. The monoisotopic (exact) mass is 454 g/mol. The first-order valence-electron chi connectivity index (χ1n) is 10.1. The molecule has 0 atom stereocenters. The van der Waals surface area contributed by atoms with Crippen molar-refractivity contribution in [2.75, 3.05) is 11.1 Å². The molecule has 0 aliphatic heterocycles. The average Bonchev–Trinajstić information content (AvgIpc) is 2.73. The van der Waals surface area contributed by atoms with E-state index < -0.39 is 11.6 Å². The van der Waals surface area contributed by atoms with Gasteiger partial charge in [-0.15, -0.1) is 11.6 Å². The number of aromatic nitrogens is 1. The maximum Gasteiger partial charge on any atom is 0.407 e. The number of halogens is 1. The molecule has 0 unspecified atom stereocenters. The number of carbonyl (C=O) groups excluding carboxylic acids is 1. The summed E-state index contributed by atoms with van der Waals surface area (Å²) in [6, 6.07) is 16.4. The average molecular weight is 455 g/mol. The number of aromatic hydroxyl groups is 1. The van der Waals surface area contributed by atoms with Gasteiger partial charge in [0.1, 0.15) is 18.2 Å². The van der Waals surface area contributed by atoms with Gasteiger partial charge in [-0.05, 0) is 68.8 Å². The molecule has 8 heteroatoms. The molecule has 0 radical (unpaired) electrons. The molecule has 0 aliphatic carbocycles. The van der Waals surface area contributed by atoms with E-state index in [9.17, 15) is 9.90 Å². The molecule has 0 spiro atoms. The number of amides is 1. The van der Waals surface area contributed by atoms with E-state index in [0.717, 1.165) is 16.9 Å². The molecule has 3 rings (SSSR count). The number of alkyl carbamates (subject to hydrolysis) is 1. The van der Waals surface area contributed by atoms with Crippen molar-refractivity contribution in [2.24, 2.45) is 0 Å². The molecule has 1 amide bonds. The second-order valence-corrected chi connectivity index (χ2v) is 8.65. The van der Waals surface area contributed by atoms with Crippen LogP contribution in [0.3, 0.4) is 0 Å². The first-order chi connectivity index (χ1) is 15.1.